The molecule has 0 aliphatic heterocycles. The van der Waals surface area contributed by atoms with Gasteiger partial charge in [-0.05, 0) is 30.3 Å². The van der Waals surface area contributed by atoms with Gasteiger partial charge in [0, 0.05) is 11.2 Å². The van der Waals surface area contributed by atoms with Crippen LogP contribution >= 0.6 is 11.6 Å². The highest BCUT2D eigenvalue weighted by atomic mass is 35.5. The van der Waals surface area contributed by atoms with E-state index in [4.69, 9.17) is 22.7 Å². The van der Waals surface area contributed by atoms with Gasteiger partial charge in [0.2, 0.25) is 0 Å². The van der Waals surface area contributed by atoms with E-state index in [9.17, 15) is 8.42 Å². The zero-order chi connectivity index (χ0) is 15.5. The van der Waals surface area contributed by atoms with E-state index in [2.05, 4.69) is 15.1 Å². The van der Waals surface area contributed by atoms with Crippen LogP contribution in [0.15, 0.2) is 41.4 Å². The van der Waals surface area contributed by atoms with Gasteiger partial charge in [0.05, 0.1) is 11.3 Å². The number of aromatic nitrogens is 1. The summed E-state index contributed by atoms with van der Waals surface area (Å²) >= 11 is 5.81. The van der Waals surface area contributed by atoms with Crippen LogP contribution in [0.3, 0.4) is 0 Å². The van der Waals surface area contributed by atoms with Crippen LogP contribution in [-0.4, -0.2) is 13.4 Å². The molecular weight excluding hydrogens is 314 g/mol. The molecule has 9 heteroatoms. The van der Waals surface area contributed by atoms with Crippen LogP contribution in [0.5, 0.6) is 0 Å². The molecule has 2 aromatic rings. The Hall–Kier alpha value is -2.34. The number of nitrogens with one attached hydrogen (secondary N) is 2. The van der Waals surface area contributed by atoms with E-state index >= 15 is 0 Å². The maximum Gasteiger partial charge on any atom is 0.263 e. The predicted molar refractivity (Wildman–Crippen MR) is 79.0 cm³/mol. The van der Waals surface area contributed by atoms with Gasteiger partial charge in [-0.25, -0.2) is 19.2 Å². The van der Waals surface area contributed by atoms with E-state index in [1.165, 1.54) is 30.3 Å². The van der Waals surface area contributed by atoms with Gasteiger partial charge in [0.25, 0.3) is 10.0 Å². The van der Waals surface area contributed by atoms with Crippen molar-refractivity contribution in [3.63, 3.8) is 0 Å². The highest BCUT2D eigenvalue weighted by Crippen LogP contribution is 2.23. The summed E-state index contributed by atoms with van der Waals surface area (Å²) in [6.45, 7) is 0. The molecule has 0 saturated heterocycles. The molecule has 1 aromatic carbocycles. The number of benzene rings is 1. The van der Waals surface area contributed by atoms with Crippen LogP contribution in [0.2, 0.25) is 5.02 Å². The quantitative estimate of drug-likeness (QED) is 0.581. The number of pyridine rings is 1. The molecule has 4 N–H and O–H groups in total. The lowest BCUT2D eigenvalue weighted by molar-refractivity contribution is 0.601. The molecule has 108 valence electrons. The van der Waals surface area contributed by atoms with Gasteiger partial charge in [-0.3, -0.25) is 4.72 Å². The summed E-state index contributed by atoms with van der Waals surface area (Å²) < 4.78 is 26.8. The standard InChI is InChI=1S/C12H10ClN5O2S/c13-9-2-1-8(6-14)11(5-9)18-21(19,20)10-3-4-12(17-15)16-7-10/h1-5,7,18H,15H2,(H,16,17). The number of sulfonamides is 1. The summed E-state index contributed by atoms with van der Waals surface area (Å²) in [5.41, 5.74) is 2.56. The zero-order valence-corrected chi connectivity index (χ0v) is 12.1. The van der Waals surface area contributed by atoms with Gasteiger partial charge >= 0.3 is 0 Å². The molecule has 0 atom stereocenters. The van der Waals surface area contributed by atoms with E-state index in [1.54, 1.807) is 0 Å². The summed E-state index contributed by atoms with van der Waals surface area (Å²) in [6.07, 6.45) is 1.15. The first kappa shape index (κ1) is 15.1. The van der Waals surface area contributed by atoms with Crippen LogP contribution in [0, 0.1) is 11.3 Å². The minimum Gasteiger partial charge on any atom is -0.308 e. The van der Waals surface area contributed by atoms with Gasteiger partial charge in [0.15, 0.2) is 0 Å². The Morgan fingerprint density at radius 3 is 2.62 bits per heavy atom. The maximum atomic E-state index is 12.2. The molecule has 0 aliphatic rings. The zero-order valence-electron chi connectivity index (χ0n) is 10.5. The van der Waals surface area contributed by atoms with Crippen LogP contribution in [0.25, 0.3) is 0 Å². The maximum absolute atomic E-state index is 12.2. The third-order valence-electron chi connectivity index (χ3n) is 2.54. The normalized spacial score (nSPS) is 10.7. The lowest BCUT2D eigenvalue weighted by Crippen LogP contribution is -2.15. The molecule has 0 bridgehead atoms. The molecule has 0 saturated carbocycles. The Bertz CT molecular complexity index is 799. The molecule has 0 unspecified atom stereocenters. The molecule has 1 aromatic heterocycles. The number of hydrazine groups is 1. The van der Waals surface area contributed by atoms with Crippen LogP contribution in [-0.2, 0) is 10.0 Å². The average molecular weight is 324 g/mol. The van der Waals surface area contributed by atoms with Crippen molar-refractivity contribution < 1.29 is 8.42 Å². The van der Waals surface area contributed by atoms with E-state index in [0.717, 1.165) is 6.20 Å². The highest BCUT2D eigenvalue weighted by Gasteiger charge is 2.17. The second-order valence-electron chi connectivity index (χ2n) is 3.93. The molecule has 0 aliphatic carbocycles. The minimum atomic E-state index is -3.88. The topological polar surface area (TPSA) is 121 Å². The predicted octanol–water partition coefficient (Wildman–Crippen LogP) is 1.69. The molecule has 0 radical (unpaired) electrons. The SMILES string of the molecule is N#Cc1ccc(Cl)cc1NS(=O)(=O)c1ccc(NN)nc1. The smallest absolute Gasteiger partial charge is 0.263 e. The molecule has 1 heterocycles. The Morgan fingerprint density at radius 1 is 1.29 bits per heavy atom. The fourth-order valence-electron chi connectivity index (χ4n) is 1.53. The molecule has 7 nitrogen and oxygen atoms in total. The van der Waals surface area contributed by atoms with Crippen molar-refractivity contribution in [2.24, 2.45) is 5.84 Å². The summed E-state index contributed by atoms with van der Waals surface area (Å²) in [7, 11) is -3.88. The number of nitrogens with two attached hydrogens (primary N) is 1. The third-order valence-corrected chi connectivity index (χ3v) is 4.13. The van der Waals surface area contributed by atoms with Gasteiger partial charge in [-0.15, -0.1) is 0 Å². The van der Waals surface area contributed by atoms with Gasteiger partial charge in [-0.1, -0.05) is 11.6 Å². The van der Waals surface area contributed by atoms with E-state index in [0.29, 0.717) is 10.8 Å². The average Bonchev–Trinajstić information content (AvgIpc) is 2.47. The first-order valence-electron chi connectivity index (χ1n) is 5.61. The second kappa shape index (κ2) is 5.97. The third kappa shape index (κ3) is 3.41. The van der Waals surface area contributed by atoms with Gasteiger partial charge in [-0.2, -0.15) is 5.26 Å². The number of nitrogen functional groups attached to an aromatic ring is 1. The summed E-state index contributed by atoms with van der Waals surface area (Å²) in [5, 5.41) is 9.30. The molecule has 2 rings (SSSR count). The number of halogens is 1. The Balaban J connectivity index is 2.37. The highest BCUT2D eigenvalue weighted by molar-refractivity contribution is 7.92. The van der Waals surface area contributed by atoms with Crippen LogP contribution in [0.4, 0.5) is 11.5 Å². The first-order valence-corrected chi connectivity index (χ1v) is 7.47. The molecule has 0 amide bonds. The van der Waals surface area contributed by atoms with Gasteiger partial charge < -0.3 is 5.43 Å². The summed E-state index contributed by atoms with van der Waals surface area (Å²) in [5.74, 6) is 5.49. The van der Waals surface area contributed by atoms with Crippen molar-refractivity contribution in [2.75, 3.05) is 10.1 Å². The van der Waals surface area contributed by atoms with Crippen molar-refractivity contribution in [1.29, 1.82) is 5.26 Å². The molecule has 21 heavy (non-hydrogen) atoms. The fourth-order valence-corrected chi connectivity index (χ4v) is 2.71. The number of hydrogen-bond donors (Lipinski definition) is 3. The number of hydrogen-bond acceptors (Lipinski definition) is 6. The Morgan fingerprint density at radius 2 is 2.05 bits per heavy atom. The van der Waals surface area contributed by atoms with Crippen molar-refractivity contribution in [2.45, 2.75) is 4.90 Å². The van der Waals surface area contributed by atoms with Crippen LogP contribution in [0.1, 0.15) is 5.56 Å². The lowest BCUT2D eigenvalue weighted by atomic mass is 10.2. The summed E-state index contributed by atoms with van der Waals surface area (Å²) in [6, 6.07) is 8.93. The van der Waals surface area contributed by atoms with Crippen molar-refractivity contribution >= 4 is 33.1 Å². The van der Waals surface area contributed by atoms with Crippen LogP contribution < -0.4 is 16.0 Å². The number of rotatable bonds is 4. The van der Waals surface area contributed by atoms with E-state index < -0.39 is 10.0 Å². The number of anilines is 2. The van der Waals surface area contributed by atoms with Crippen molar-refractivity contribution in [1.82, 2.24) is 4.98 Å². The monoisotopic (exact) mass is 323 g/mol. The largest absolute Gasteiger partial charge is 0.308 e. The van der Waals surface area contributed by atoms with Crippen molar-refractivity contribution in [3.05, 3.63) is 47.1 Å². The molecular formula is C12H10ClN5O2S. The molecule has 0 fully saturated rings. The first-order chi connectivity index (χ1) is 9.96. The van der Waals surface area contributed by atoms with E-state index in [-0.39, 0.29) is 16.1 Å². The Labute approximate surface area is 126 Å². The molecule has 0 spiro atoms. The van der Waals surface area contributed by atoms with Crippen molar-refractivity contribution in [3.8, 4) is 6.07 Å². The number of nitriles is 1. The Kier molecular flexibility index (Phi) is 4.28. The van der Waals surface area contributed by atoms with E-state index in [1.807, 2.05) is 6.07 Å². The van der Waals surface area contributed by atoms with Gasteiger partial charge in [0.1, 0.15) is 16.8 Å². The summed E-state index contributed by atoms with van der Waals surface area (Å²) in [4.78, 5) is 3.75. The second-order valence-corrected chi connectivity index (χ2v) is 6.05. The minimum absolute atomic E-state index is 0.0645. The lowest BCUT2D eigenvalue weighted by Gasteiger charge is -2.10. The number of nitrogens with zero attached hydrogens (tertiary/aromatic N) is 2. The fraction of sp³-hybridized carbons (Fsp3) is 0.